The van der Waals surface area contributed by atoms with E-state index in [2.05, 4.69) is 20.4 Å². The minimum Gasteiger partial charge on any atom is -0.372 e. The van der Waals surface area contributed by atoms with Gasteiger partial charge in [0.1, 0.15) is 23.4 Å². The van der Waals surface area contributed by atoms with E-state index in [-0.39, 0.29) is 18.4 Å². The Kier molecular flexibility index (Phi) is 4.75. The molecule has 2 aromatic rings. The normalized spacial score (nSPS) is 17.8. The Hall–Kier alpha value is -2.48. The number of carbonyl (C=O) groups is 1. The maximum atomic E-state index is 12.7. The molecule has 1 atom stereocenters. The zero-order chi connectivity index (χ0) is 17.1. The van der Waals surface area contributed by atoms with Gasteiger partial charge in [0, 0.05) is 31.5 Å². The molecule has 24 heavy (non-hydrogen) atoms. The highest BCUT2D eigenvalue weighted by Crippen LogP contribution is 2.25. The summed E-state index contributed by atoms with van der Waals surface area (Å²) in [5, 5.41) is 6.91. The molecule has 3 rings (SSSR count). The van der Waals surface area contributed by atoms with Crippen LogP contribution in [0.4, 0.5) is 5.82 Å². The summed E-state index contributed by atoms with van der Waals surface area (Å²) < 4.78 is 10.9. The van der Waals surface area contributed by atoms with Gasteiger partial charge in [0.15, 0.2) is 0 Å². The first-order valence-corrected chi connectivity index (χ1v) is 7.90. The van der Waals surface area contributed by atoms with Gasteiger partial charge in [-0.3, -0.25) is 9.78 Å². The van der Waals surface area contributed by atoms with E-state index >= 15 is 0 Å². The number of hydrogen-bond donors (Lipinski definition) is 1. The third kappa shape index (κ3) is 3.23. The van der Waals surface area contributed by atoms with Crippen LogP contribution in [0.25, 0.3) is 0 Å². The van der Waals surface area contributed by atoms with Gasteiger partial charge in [-0.1, -0.05) is 5.16 Å². The lowest BCUT2D eigenvalue weighted by molar-refractivity contribution is -0.138. The molecule has 1 aliphatic rings. The lowest BCUT2D eigenvalue weighted by Gasteiger charge is -2.33. The highest BCUT2D eigenvalue weighted by molar-refractivity contribution is 5.79. The number of ether oxygens (including phenoxy) is 1. The lowest BCUT2D eigenvalue weighted by atomic mass is 10.1. The summed E-state index contributed by atoms with van der Waals surface area (Å²) in [5.41, 5.74) is 2.34. The molecule has 2 aromatic heterocycles. The second-order valence-electron chi connectivity index (χ2n) is 5.72. The standard InChI is InChI=1S/C16H21N5O3/c1-10-12(11(2)24-20-10)8-14(22)21-6-7-23-13(9-21)15-16(17-3)19-5-4-18-15/h4-5,13H,6-9H2,1-3H3,(H,17,19). The molecule has 3 heterocycles. The SMILES string of the molecule is CNc1nccnc1C1CN(C(=O)Cc2c(C)noc2C)CCO1. The summed E-state index contributed by atoms with van der Waals surface area (Å²) in [6.45, 7) is 5.16. The number of aromatic nitrogens is 3. The Morgan fingerprint density at radius 2 is 2.17 bits per heavy atom. The van der Waals surface area contributed by atoms with Crippen LogP contribution in [-0.2, 0) is 16.0 Å². The van der Waals surface area contributed by atoms with Crippen molar-refractivity contribution in [2.75, 3.05) is 32.1 Å². The molecule has 1 fully saturated rings. The van der Waals surface area contributed by atoms with Crippen LogP contribution in [-0.4, -0.2) is 52.7 Å². The van der Waals surface area contributed by atoms with Crippen molar-refractivity contribution in [3.8, 4) is 0 Å². The van der Waals surface area contributed by atoms with Crippen LogP contribution < -0.4 is 5.32 Å². The quantitative estimate of drug-likeness (QED) is 0.901. The molecular formula is C16H21N5O3. The Morgan fingerprint density at radius 1 is 1.38 bits per heavy atom. The van der Waals surface area contributed by atoms with Crippen LogP contribution in [0, 0.1) is 13.8 Å². The van der Waals surface area contributed by atoms with Gasteiger partial charge in [0.05, 0.1) is 25.3 Å². The molecule has 1 amide bonds. The molecule has 1 saturated heterocycles. The predicted octanol–water partition coefficient (Wildman–Crippen LogP) is 1.27. The van der Waals surface area contributed by atoms with Crippen molar-refractivity contribution >= 4 is 11.7 Å². The van der Waals surface area contributed by atoms with Crippen LogP contribution in [0.1, 0.15) is 28.8 Å². The lowest BCUT2D eigenvalue weighted by Crippen LogP contribution is -2.43. The molecular weight excluding hydrogens is 310 g/mol. The van der Waals surface area contributed by atoms with Gasteiger partial charge < -0.3 is 19.5 Å². The predicted molar refractivity (Wildman–Crippen MR) is 86.5 cm³/mol. The van der Waals surface area contributed by atoms with E-state index in [0.717, 1.165) is 17.0 Å². The molecule has 8 heteroatoms. The Morgan fingerprint density at radius 3 is 2.88 bits per heavy atom. The number of morpholine rings is 1. The molecule has 128 valence electrons. The van der Waals surface area contributed by atoms with Gasteiger partial charge in [0.25, 0.3) is 0 Å². The second kappa shape index (κ2) is 6.96. The van der Waals surface area contributed by atoms with E-state index < -0.39 is 0 Å². The number of nitrogens with one attached hydrogen (secondary N) is 1. The molecule has 0 saturated carbocycles. The molecule has 0 spiro atoms. The van der Waals surface area contributed by atoms with Gasteiger partial charge in [0.2, 0.25) is 5.91 Å². The Bertz CT molecular complexity index is 711. The molecule has 8 nitrogen and oxygen atoms in total. The molecule has 0 bridgehead atoms. The van der Waals surface area contributed by atoms with Crippen LogP contribution >= 0.6 is 0 Å². The van der Waals surface area contributed by atoms with E-state index in [1.54, 1.807) is 24.3 Å². The van der Waals surface area contributed by atoms with E-state index in [9.17, 15) is 4.79 Å². The number of amides is 1. The first kappa shape index (κ1) is 16.4. The monoisotopic (exact) mass is 331 g/mol. The van der Waals surface area contributed by atoms with Crippen molar-refractivity contribution in [2.45, 2.75) is 26.4 Å². The van der Waals surface area contributed by atoms with E-state index in [4.69, 9.17) is 9.26 Å². The second-order valence-corrected chi connectivity index (χ2v) is 5.72. The van der Waals surface area contributed by atoms with Crippen LogP contribution in [0.15, 0.2) is 16.9 Å². The molecule has 0 aromatic carbocycles. The van der Waals surface area contributed by atoms with Gasteiger partial charge in [-0.05, 0) is 13.8 Å². The zero-order valence-electron chi connectivity index (χ0n) is 14.1. The van der Waals surface area contributed by atoms with Gasteiger partial charge in [-0.15, -0.1) is 0 Å². The number of rotatable bonds is 4. The molecule has 0 aliphatic carbocycles. The Balaban J connectivity index is 1.72. The zero-order valence-corrected chi connectivity index (χ0v) is 14.1. The van der Waals surface area contributed by atoms with Crippen molar-refractivity contribution in [3.05, 3.63) is 35.1 Å². The summed E-state index contributed by atoms with van der Waals surface area (Å²) in [7, 11) is 1.79. The van der Waals surface area contributed by atoms with Crippen LogP contribution in [0.2, 0.25) is 0 Å². The number of anilines is 1. The average Bonchev–Trinajstić information content (AvgIpc) is 2.93. The number of hydrogen-bond acceptors (Lipinski definition) is 7. The highest BCUT2D eigenvalue weighted by atomic mass is 16.5. The van der Waals surface area contributed by atoms with Crippen molar-refractivity contribution in [1.82, 2.24) is 20.0 Å². The summed E-state index contributed by atoms with van der Waals surface area (Å²) >= 11 is 0. The fourth-order valence-corrected chi connectivity index (χ4v) is 2.84. The topological polar surface area (TPSA) is 93.4 Å². The van der Waals surface area contributed by atoms with Gasteiger partial charge >= 0.3 is 0 Å². The average molecular weight is 331 g/mol. The van der Waals surface area contributed by atoms with Crippen molar-refractivity contribution < 1.29 is 14.1 Å². The Labute approximate surface area is 140 Å². The maximum Gasteiger partial charge on any atom is 0.227 e. The number of aryl methyl sites for hydroxylation is 2. The van der Waals surface area contributed by atoms with Crippen molar-refractivity contribution in [1.29, 1.82) is 0 Å². The summed E-state index contributed by atoms with van der Waals surface area (Å²) in [6, 6.07) is 0. The largest absolute Gasteiger partial charge is 0.372 e. The summed E-state index contributed by atoms with van der Waals surface area (Å²) in [4.78, 5) is 23.1. The van der Waals surface area contributed by atoms with Crippen molar-refractivity contribution in [2.24, 2.45) is 0 Å². The summed E-state index contributed by atoms with van der Waals surface area (Å²) in [5.74, 6) is 1.40. The summed E-state index contributed by atoms with van der Waals surface area (Å²) in [6.07, 6.45) is 3.25. The van der Waals surface area contributed by atoms with Gasteiger partial charge in [-0.2, -0.15) is 0 Å². The van der Waals surface area contributed by atoms with E-state index in [1.165, 1.54) is 0 Å². The van der Waals surface area contributed by atoms with E-state index in [1.807, 2.05) is 13.8 Å². The third-order valence-electron chi connectivity index (χ3n) is 4.20. The maximum absolute atomic E-state index is 12.7. The fourth-order valence-electron chi connectivity index (χ4n) is 2.84. The third-order valence-corrected chi connectivity index (χ3v) is 4.20. The smallest absolute Gasteiger partial charge is 0.227 e. The molecule has 1 unspecified atom stereocenters. The minimum atomic E-state index is -0.288. The van der Waals surface area contributed by atoms with Crippen molar-refractivity contribution in [3.63, 3.8) is 0 Å². The number of nitrogens with zero attached hydrogens (tertiary/aromatic N) is 4. The highest BCUT2D eigenvalue weighted by Gasteiger charge is 2.29. The first-order chi connectivity index (χ1) is 11.6. The fraction of sp³-hybridized carbons (Fsp3) is 0.500. The minimum absolute atomic E-state index is 0.0348. The van der Waals surface area contributed by atoms with Gasteiger partial charge in [-0.25, -0.2) is 4.98 Å². The first-order valence-electron chi connectivity index (χ1n) is 7.90. The molecule has 1 aliphatic heterocycles. The van der Waals surface area contributed by atoms with Crippen LogP contribution in [0.3, 0.4) is 0 Å². The van der Waals surface area contributed by atoms with E-state index in [0.29, 0.717) is 31.3 Å². The molecule has 0 radical (unpaired) electrons. The van der Waals surface area contributed by atoms with Crippen LogP contribution in [0.5, 0.6) is 0 Å². The molecule has 1 N–H and O–H groups in total. The number of carbonyl (C=O) groups excluding carboxylic acids is 1.